The minimum Gasteiger partial charge on any atom is -0.426 e. The van der Waals surface area contributed by atoms with Crippen LogP contribution in [0.25, 0.3) is 0 Å². The summed E-state index contributed by atoms with van der Waals surface area (Å²) < 4.78 is 79.3. The van der Waals surface area contributed by atoms with Gasteiger partial charge in [0.25, 0.3) is 6.10 Å². The zero-order chi connectivity index (χ0) is 21.8. The molecule has 140 valence electrons. The van der Waals surface area contributed by atoms with E-state index < -0.39 is 53.2 Å². The molecular formula is C12H13B5F6N2O2. The number of nitrogens with zero attached hydrogens (tertiary/aromatic N) is 2. The summed E-state index contributed by atoms with van der Waals surface area (Å²) in [4.78, 5) is 13.4. The molecule has 15 heteroatoms. The van der Waals surface area contributed by atoms with E-state index in [1.165, 1.54) is 4.90 Å². The van der Waals surface area contributed by atoms with Crippen LogP contribution in [0, 0.1) is 0 Å². The van der Waals surface area contributed by atoms with Gasteiger partial charge in [-0.2, -0.15) is 26.3 Å². The molecule has 1 heterocycles. The van der Waals surface area contributed by atoms with E-state index in [2.05, 4.69) is 4.74 Å². The van der Waals surface area contributed by atoms with E-state index in [1.54, 1.807) is 20.8 Å². The van der Waals surface area contributed by atoms with Crippen molar-refractivity contribution in [1.29, 1.82) is 0 Å². The van der Waals surface area contributed by atoms with Crippen molar-refractivity contribution >= 4 is 45.3 Å². The van der Waals surface area contributed by atoms with Crippen LogP contribution in [0.2, 0.25) is 0 Å². The highest BCUT2D eigenvalue weighted by Gasteiger charge is 2.61. The first-order chi connectivity index (χ1) is 11.6. The highest BCUT2D eigenvalue weighted by atomic mass is 19.4. The lowest BCUT2D eigenvalue weighted by Crippen LogP contribution is -2.81. The van der Waals surface area contributed by atoms with Gasteiger partial charge in [0, 0.05) is 12.1 Å². The number of hydrogen-bond acceptors (Lipinski definition) is 3. The van der Waals surface area contributed by atoms with Crippen LogP contribution in [-0.2, 0) is 4.74 Å². The van der Waals surface area contributed by atoms with Crippen molar-refractivity contribution in [3.63, 3.8) is 0 Å². The normalized spacial score (nSPS) is 24.1. The van der Waals surface area contributed by atoms with Gasteiger partial charge in [0.05, 0.1) is 39.2 Å². The average Bonchev–Trinajstić information content (AvgIpc) is 2.35. The SMILES string of the molecule is [B]C1N(C(C)(C)C)C([B])([B])CN(C(=O)OC(C(F)(F)F)C(F)(F)F)C1([B])[B]. The fourth-order valence-corrected chi connectivity index (χ4v) is 2.84. The van der Waals surface area contributed by atoms with E-state index >= 15 is 0 Å². The molecule has 1 saturated heterocycles. The van der Waals surface area contributed by atoms with E-state index in [9.17, 15) is 31.1 Å². The second-order valence-electron chi connectivity index (χ2n) is 7.30. The fraction of sp³-hybridized carbons (Fsp3) is 0.917. The minimum atomic E-state index is -5.92. The van der Waals surface area contributed by atoms with Gasteiger partial charge in [0.2, 0.25) is 0 Å². The Labute approximate surface area is 159 Å². The molecule has 0 aromatic heterocycles. The van der Waals surface area contributed by atoms with Gasteiger partial charge in [-0.1, -0.05) is 0 Å². The van der Waals surface area contributed by atoms with Crippen molar-refractivity contribution in [3.05, 3.63) is 0 Å². The summed E-state index contributed by atoms with van der Waals surface area (Å²) in [5.41, 5.74) is -0.872. The van der Waals surface area contributed by atoms with Crippen LogP contribution in [0.5, 0.6) is 0 Å². The Bertz CT molecular complexity index is 564. The smallest absolute Gasteiger partial charge is 0.426 e. The van der Waals surface area contributed by atoms with E-state index in [4.69, 9.17) is 39.2 Å². The molecule has 0 N–H and O–H groups in total. The second-order valence-corrected chi connectivity index (χ2v) is 7.30. The third kappa shape index (κ3) is 4.95. The van der Waals surface area contributed by atoms with Crippen molar-refractivity contribution < 1.29 is 35.9 Å². The van der Waals surface area contributed by atoms with Crippen LogP contribution < -0.4 is 0 Å². The molecule has 10 radical (unpaired) electrons. The lowest BCUT2D eigenvalue weighted by molar-refractivity contribution is -0.309. The van der Waals surface area contributed by atoms with Crippen LogP contribution in [0.1, 0.15) is 20.8 Å². The van der Waals surface area contributed by atoms with Gasteiger partial charge in [-0.05, 0) is 37.4 Å². The van der Waals surface area contributed by atoms with Gasteiger partial charge >= 0.3 is 18.4 Å². The number of alkyl halides is 6. The Balaban J connectivity index is 3.25. The van der Waals surface area contributed by atoms with E-state index in [0.29, 0.717) is 0 Å². The largest absolute Gasteiger partial charge is 0.434 e. The van der Waals surface area contributed by atoms with Crippen LogP contribution >= 0.6 is 0 Å². The molecule has 1 atom stereocenters. The van der Waals surface area contributed by atoms with E-state index in [-0.39, 0.29) is 4.90 Å². The monoisotopic (exact) mass is 386 g/mol. The van der Waals surface area contributed by atoms with Crippen LogP contribution in [-0.4, -0.2) is 102 Å². The van der Waals surface area contributed by atoms with Gasteiger partial charge in [0.1, 0.15) is 0 Å². The highest BCUT2D eigenvalue weighted by Crippen LogP contribution is 2.38. The third-order valence-corrected chi connectivity index (χ3v) is 3.84. The Kier molecular flexibility index (Phi) is 6.16. The molecule has 4 nitrogen and oxygen atoms in total. The predicted octanol–water partition coefficient (Wildman–Crippen LogP) is 0.508. The van der Waals surface area contributed by atoms with E-state index in [0.717, 1.165) is 0 Å². The van der Waals surface area contributed by atoms with Crippen LogP contribution in [0.4, 0.5) is 31.1 Å². The quantitative estimate of drug-likeness (QED) is 0.487. The number of amides is 1. The number of carbonyl (C=O) groups is 1. The molecule has 0 aromatic carbocycles. The molecule has 0 saturated carbocycles. The van der Waals surface area contributed by atoms with Gasteiger partial charge in [-0.25, -0.2) is 4.79 Å². The first kappa shape index (κ1) is 24.2. The molecule has 0 spiro atoms. The highest BCUT2D eigenvalue weighted by molar-refractivity contribution is 6.46. The Hall–Kier alpha value is -0.865. The molecule has 1 unspecified atom stereocenters. The van der Waals surface area contributed by atoms with Crippen molar-refractivity contribution in [2.24, 2.45) is 0 Å². The molecule has 1 aliphatic rings. The van der Waals surface area contributed by atoms with Gasteiger partial charge < -0.3 is 14.5 Å². The van der Waals surface area contributed by atoms with Crippen LogP contribution in [0.3, 0.4) is 0 Å². The third-order valence-electron chi connectivity index (χ3n) is 3.84. The van der Waals surface area contributed by atoms with Crippen molar-refractivity contribution in [2.45, 2.75) is 61.4 Å². The fourth-order valence-electron chi connectivity index (χ4n) is 2.84. The molecular weight excluding hydrogens is 372 g/mol. The topological polar surface area (TPSA) is 32.8 Å². The number of piperazine rings is 1. The lowest BCUT2D eigenvalue weighted by atomic mass is 9.45. The van der Waals surface area contributed by atoms with Crippen molar-refractivity contribution in [2.75, 3.05) is 6.54 Å². The summed E-state index contributed by atoms with van der Waals surface area (Å²) >= 11 is 0. The number of hydrogen-bond donors (Lipinski definition) is 0. The summed E-state index contributed by atoms with van der Waals surface area (Å²) in [5, 5.41) is -4.42. The Morgan fingerprint density at radius 3 is 1.78 bits per heavy atom. The number of rotatable bonds is 1. The first-order valence-electron chi connectivity index (χ1n) is 7.45. The zero-order valence-corrected chi connectivity index (χ0v) is 14.7. The number of halogens is 6. The van der Waals surface area contributed by atoms with Crippen LogP contribution in [0.15, 0.2) is 0 Å². The first-order valence-corrected chi connectivity index (χ1v) is 7.45. The molecule has 0 aromatic rings. The molecule has 0 aliphatic carbocycles. The summed E-state index contributed by atoms with van der Waals surface area (Å²) in [7, 11) is 29.1. The molecule has 1 rings (SSSR count). The van der Waals surface area contributed by atoms with Gasteiger partial charge in [0.15, 0.2) is 0 Å². The maximum atomic E-state index is 12.6. The van der Waals surface area contributed by atoms with Gasteiger partial charge in [-0.15, -0.1) is 0 Å². The maximum Gasteiger partial charge on any atom is 0.434 e. The van der Waals surface area contributed by atoms with Crippen molar-refractivity contribution in [3.8, 4) is 0 Å². The molecule has 27 heavy (non-hydrogen) atoms. The summed E-state index contributed by atoms with van der Waals surface area (Å²) in [6.07, 6.45) is -18.4. The average molecular weight is 385 g/mol. The maximum absolute atomic E-state index is 12.6. The molecule has 1 aliphatic heterocycles. The standard InChI is InChI=1S/C12H13B5F6N2O2/c1-8(2,3)25-6(13)10(16,17)24(4-9(25,14)15)7(26)27-5(11(18,19)20)12(21,22)23/h5-6H,4H2,1-3H3. The minimum absolute atomic E-state index is 0.143. The predicted molar refractivity (Wildman–Crippen MR) is 88.7 cm³/mol. The van der Waals surface area contributed by atoms with Gasteiger partial charge in [-0.3, -0.25) is 0 Å². The molecule has 1 amide bonds. The lowest BCUT2D eigenvalue weighted by Gasteiger charge is -2.64. The van der Waals surface area contributed by atoms with E-state index in [1.807, 2.05) is 0 Å². The number of ether oxygens (including phenoxy) is 1. The second kappa shape index (κ2) is 6.88. The summed E-state index contributed by atoms with van der Waals surface area (Å²) in [5.74, 6) is -1.55. The zero-order valence-electron chi connectivity index (χ0n) is 14.7. The number of carbonyl (C=O) groups excluding carboxylic acids is 1. The summed E-state index contributed by atoms with van der Waals surface area (Å²) in [6.45, 7) is 3.96. The molecule has 0 bridgehead atoms. The Morgan fingerprint density at radius 2 is 1.44 bits per heavy atom. The Morgan fingerprint density at radius 1 is 1.04 bits per heavy atom. The molecule has 1 fully saturated rings. The summed E-state index contributed by atoms with van der Waals surface area (Å²) in [6, 6.07) is 0. The van der Waals surface area contributed by atoms with Crippen molar-refractivity contribution in [1.82, 2.24) is 9.80 Å².